The minimum absolute atomic E-state index is 0.209. The lowest BCUT2D eigenvalue weighted by atomic mass is 10.1. The number of carboxylic acids is 1. The summed E-state index contributed by atoms with van der Waals surface area (Å²) in [4.78, 5) is 22.7. The molecular weight excluding hydrogens is 346 g/mol. The van der Waals surface area contributed by atoms with E-state index in [0.29, 0.717) is 65.6 Å². The van der Waals surface area contributed by atoms with Gasteiger partial charge >= 0.3 is 5.97 Å². The maximum absolute atomic E-state index is 11.7. The van der Waals surface area contributed by atoms with Crippen molar-refractivity contribution < 1.29 is 33.6 Å². The second-order valence-corrected chi connectivity index (χ2v) is 5.42. The summed E-state index contributed by atoms with van der Waals surface area (Å²) in [5, 5.41) is 11.5. The van der Waals surface area contributed by atoms with Crippen molar-refractivity contribution in [3.8, 4) is 0 Å². The van der Waals surface area contributed by atoms with Crippen molar-refractivity contribution in [3.05, 3.63) is 0 Å². The van der Waals surface area contributed by atoms with Crippen molar-refractivity contribution >= 4 is 11.9 Å². The number of nitrogens with two attached hydrogens (primary N) is 2. The highest BCUT2D eigenvalue weighted by Gasteiger charge is 2.19. The summed E-state index contributed by atoms with van der Waals surface area (Å²) in [6, 6.07) is -0.917. The Kier molecular flexibility index (Phi) is 17.6. The molecule has 0 rings (SSSR count). The van der Waals surface area contributed by atoms with Crippen LogP contribution in [0.15, 0.2) is 0 Å². The molecular formula is C16H33N3O7. The zero-order chi connectivity index (χ0) is 19.5. The molecule has 0 fully saturated rings. The monoisotopic (exact) mass is 379 g/mol. The molecule has 0 spiro atoms. The molecule has 10 nitrogen and oxygen atoms in total. The smallest absolute Gasteiger partial charge is 0.326 e. The molecule has 0 aromatic rings. The van der Waals surface area contributed by atoms with Gasteiger partial charge in [-0.3, -0.25) is 4.79 Å². The fourth-order valence-corrected chi connectivity index (χ4v) is 1.89. The molecule has 154 valence electrons. The quantitative estimate of drug-likeness (QED) is 0.201. The third kappa shape index (κ3) is 16.2. The Balaban J connectivity index is 3.50. The maximum atomic E-state index is 11.7. The summed E-state index contributed by atoms with van der Waals surface area (Å²) >= 11 is 0. The van der Waals surface area contributed by atoms with Crippen LogP contribution < -0.4 is 16.8 Å². The summed E-state index contributed by atoms with van der Waals surface area (Å²) in [5.41, 5.74) is 10.6. The minimum Gasteiger partial charge on any atom is -0.480 e. The molecule has 0 saturated carbocycles. The van der Waals surface area contributed by atoms with E-state index in [-0.39, 0.29) is 13.2 Å². The number of carbonyl (C=O) groups excluding carboxylic acids is 1. The number of hydrogen-bond donors (Lipinski definition) is 4. The molecule has 0 saturated heterocycles. The molecule has 6 N–H and O–H groups in total. The van der Waals surface area contributed by atoms with E-state index in [0.717, 1.165) is 6.42 Å². The van der Waals surface area contributed by atoms with Gasteiger partial charge in [-0.2, -0.15) is 0 Å². The zero-order valence-corrected chi connectivity index (χ0v) is 15.3. The zero-order valence-electron chi connectivity index (χ0n) is 15.3. The number of hydrogen-bond acceptors (Lipinski definition) is 8. The summed E-state index contributed by atoms with van der Waals surface area (Å²) in [7, 11) is 0. The lowest BCUT2D eigenvalue weighted by Crippen LogP contribution is -2.42. The van der Waals surface area contributed by atoms with Crippen molar-refractivity contribution in [2.75, 3.05) is 65.9 Å². The summed E-state index contributed by atoms with van der Waals surface area (Å²) in [6.07, 6.45) is 1.71. The predicted octanol–water partition coefficient (Wildman–Crippen LogP) is -1.29. The number of aliphatic carboxylic acids is 1. The van der Waals surface area contributed by atoms with E-state index in [1.165, 1.54) is 0 Å². The first kappa shape index (κ1) is 24.7. The van der Waals surface area contributed by atoms with Crippen LogP contribution in [-0.2, 0) is 28.5 Å². The van der Waals surface area contributed by atoms with Crippen LogP contribution in [-0.4, -0.2) is 89.0 Å². The summed E-state index contributed by atoms with van der Waals surface area (Å²) < 4.78 is 20.8. The lowest BCUT2D eigenvalue weighted by molar-refractivity contribution is -0.142. The number of rotatable bonds is 19. The fourth-order valence-electron chi connectivity index (χ4n) is 1.89. The van der Waals surface area contributed by atoms with Gasteiger partial charge in [0.2, 0.25) is 5.91 Å². The van der Waals surface area contributed by atoms with Gasteiger partial charge in [-0.1, -0.05) is 0 Å². The van der Waals surface area contributed by atoms with Crippen LogP contribution in [0.5, 0.6) is 0 Å². The average molecular weight is 379 g/mol. The molecule has 0 aromatic carbocycles. The summed E-state index contributed by atoms with van der Waals surface area (Å²) in [5.74, 6) is -1.53. The van der Waals surface area contributed by atoms with Gasteiger partial charge in [0.25, 0.3) is 0 Å². The first-order chi connectivity index (χ1) is 12.6. The van der Waals surface area contributed by atoms with Gasteiger partial charge in [-0.05, 0) is 25.8 Å². The minimum atomic E-state index is -1.06. The standard InChI is InChI=1S/C16H33N3O7/c17-4-2-1-3-14(16(21)22)19-15(20)13-26-12-11-25-10-9-24-8-7-23-6-5-18/h14H,1-13,17-18H2,(H,19,20)(H,21,22)/t14-/m0/s1. The lowest BCUT2D eigenvalue weighted by Gasteiger charge is -2.14. The Hall–Kier alpha value is -1.30. The second-order valence-electron chi connectivity index (χ2n) is 5.42. The number of unbranched alkanes of at least 4 members (excludes halogenated alkanes) is 1. The molecule has 0 heterocycles. The predicted molar refractivity (Wildman–Crippen MR) is 94.8 cm³/mol. The molecule has 1 atom stereocenters. The molecule has 0 unspecified atom stereocenters. The maximum Gasteiger partial charge on any atom is 0.326 e. The van der Waals surface area contributed by atoms with Gasteiger partial charge in [0.15, 0.2) is 0 Å². The SMILES string of the molecule is NCCCC[C@H](NC(=O)COCCOCCOCCOCCN)C(=O)O. The molecule has 0 aliphatic rings. The van der Waals surface area contributed by atoms with Gasteiger partial charge in [-0.15, -0.1) is 0 Å². The van der Waals surface area contributed by atoms with Crippen LogP contribution in [0.25, 0.3) is 0 Å². The van der Waals surface area contributed by atoms with Crippen molar-refractivity contribution in [1.29, 1.82) is 0 Å². The Morgan fingerprint density at radius 3 is 1.85 bits per heavy atom. The van der Waals surface area contributed by atoms with Crippen LogP contribution in [0.4, 0.5) is 0 Å². The van der Waals surface area contributed by atoms with E-state index in [1.54, 1.807) is 0 Å². The Bertz CT molecular complexity index is 359. The number of amides is 1. The number of carboxylic acid groups (broad SMARTS) is 1. The second kappa shape index (κ2) is 18.5. The van der Waals surface area contributed by atoms with Crippen molar-refractivity contribution in [2.24, 2.45) is 11.5 Å². The van der Waals surface area contributed by atoms with Crippen LogP contribution >= 0.6 is 0 Å². The first-order valence-electron chi connectivity index (χ1n) is 8.85. The Morgan fingerprint density at radius 1 is 0.808 bits per heavy atom. The highest BCUT2D eigenvalue weighted by atomic mass is 16.6. The van der Waals surface area contributed by atoms with Crippen molar-refractivity contribution in [2.45, 2.75) is 25.3 Å². The van der Waals surface area contributed by atoms with E-state index < -0.39 is 17.9 Å². The Labute approximate surface area is 154 Å². The van der Waals surface area contributed by atoms with Crippen LogP contribution in [0.1, 0.15) is 19.3 Å². The van der Waals surface area contributed by atoms with E-state index in [9.17, 15) is 9.59 Å². The van der Waals surface area contributed by atoms with Gasteiger partial charge in [0.05, 0.1) is 46.2 Å². The van der Waals surface area contributed by atoms with E-state index in [1.807, 2.05) is 0 Å². The molecule has 0 aliphatic heterocycles. The molecule has 1 amide bonds. The van der Waals surface area contributed by atoms with Crippen molar-refractivity contribution in [1.82, 2.24) is 5.32 Å². The van der Waals surface area contributed by atoms with Gasteiger partial charge < -0.3 is 40.8 Å². The third-order valence-electron chi connectivity index (χ3n) is 3.19. The van der Waals surface area contributed by atoms with E-state index in [2.05, 4.69) is 5.32 Å². The third-order valence-corrected chi connectivity index (χ3v) is 3.19. The highest BCUT2D eigenvalue weighted by Crippen LogP contribution is 2.00. The van der Waals surface area contributed by atoms with E-state index >= 15 is 0 Å². The van der Waals surface area contributed by atoms with Crippen LogP contribution in [0.2, 0.25) is 0 Å². The molecule has 10 heteroatoms. The molecule has 0 aromatic heterocycles. The highest BCUT2D eigenvalue weighted by molar-refractivity contribution is 5.84. The molecule has 0 bridgehead atoms. The summed E-state index contributed by atoms with van der Waals surface area (Å²) in [6.45, 7) is 3.68. The first-order valence-corrected chi connectivity index (χ1v) is 8.85. The van der Waals surface area contributed by atoms with Crippen molar-refractivity contribution in [3.63, 3.8) is 0 Å². The number of ether oxygens (including phenoxy) is 4. The van der Waals surface area contributed by atoms with Crippen LogP contribution in [0.3, 0.4) is 0 Å². The molecule has 0 aliphatic carbocycles. The average Bonchev–Trinajstić information content (AvgIpc) is 2.61. The Morgan fingerprint density at radius 2 is 1.35 bits per heavy atom. The number of nitrogens with one attached hydrogen (secondary N) is 1. The number of carbonyl (C=O) groups is 2. The largest absolute Gasteiger partial charge is 0.480 e. The van der Waals surface area contributed by atoms with Crippen LogP contribution in [0, 0.1) is 0 Å². The topological polar surface area (TPSA) is 155 Å². The fraction of sp³-hybridized carbons (Fsp3) is 0.875. The molecule has 0 radical (unpaired) electrons. The molecule has 26 heavy (non-hydrogen) atoms. The van der Waals surface area contributed by atoms with Gasteiger partial charge in [0.1, 0.15) is 12.6 Å². The van der Waals surface area contributed by atoms with Gasteiger partial charge in [0, 0.05) is 6.54 Å². The normalized spacial score (nSPS) is 12.1. The van der Waals surface area contributed by atoms with E-state index in [4.69, 9.17) is 35.5 Å². The van der Waals surface area contributed by atoms with Gasteiger partial charge in [-0.25, -0.2) is 4.79 Å².